The first-order valence-corrected chi connectivity index (χ1v) is 6.83. The molecule has 0 aliphatic rings. The molecular weight excluding hydrogens is 272 g/mol. The molecule has 0 aliphatic heterocycles. The fourth-order valence-electron chi connectivity index (χ4n) is 1.93. The summed E-state index contributed by atoms with van der Waals surface area (Å²) in [7, 11) is 0. The molecule has 0 radical (unpaired) electrons. The van der Waals surface area contributed by atoms with Crippen LogP contribution in [0.2, 0.25) is 0 Å². The Kier molecular flexibility index (Phi) is 4.01. The standard InChI is InChI=1S/C16H17Br/c1-12-7-9-14(10-8-12)16(17)11-15-6-4-3-5-13(15)2/h3-10,16H,11H2,1-2H3. The lowest BCUT2D eigenvalue weighted by Crippen LogP contribution is -1.97. The van der Waals surface area contributed by atoms with Crippen molar-refractivity contribution in [2.45, 2.75) is 25.1 Å². The fraction of sp³-hybridized carbons (Fsp3) is 0.250. The maximum absolute atomic E-state index is 3.78. The molecule has 0 N–H and O–H groups in total. The predicted octanol–water partition coefficient (Wildman–Crippen LogP) is 4.98. The van der Waals surface area contributed by atoms with Crippen molar-refractivity contribution in [2.75, 3.05) is 0 Å². The summed E-state index contributed by atoms with van der Waals surface area (Å²) in [6.45, 7) is 4.29. The molecule has 1 unspecified atom stereocenters. The predicted molar refractivity (Wildman–Crippen MR) is 77.7 cm³/mol. The average molecular weight is 289 g/mol. The van der Waals surface area contributed by atoms with E-state index in [1.165, 1.54) is 22.3 Å². The molecule has 0 aromatic heterocycles. The number of alkyl halides is 1. The Morgan fingerprint density at radius 2 is 1.59 bits per heavy atom. The van der Waals surface area contributed by atoms with Gasteiger partial charge in [-0.05, 0) is 37.0 Å². The minimum Gasteiger partial charge on any atom is -0.0835 e. The van der Waals surface area contributed by atoms with Crippen molar-refractivity contribution >= 4 is 15.9 Å². The Bertz CT molecular complexity index is 485. The van der Waals surface area contributed by atoms with Crippen molar-refractivity contribution in [3.63, 3.8) is 0 Å². The number of halogens is 1. The van der Waals surface area contributed by atoms with Crippen molar-refractivity contribution in [1.82, 2.24) is 0 Å². The van der Waals surface area contributed by atoms with Gasteiger partial charge in [0.15, 0.2) is 0 Å². The van der Waals surface area contributed by atoms with E-state index in [1.54, 1.807) is 0 Å². The number of benzene rings is 2. The van der Waals surface area contributed by atoms with E-state index in [2.05, 4.69) is 78.3 Å². The van der Waals surface area contributed by atoms with Gasteiger partial charge in [-0.15, -0.1) is 0 Å². The molecule has 88 valence electrons. The van der Waals surface area contributed by atoms with Crippen LogP contribution in [-0.4, -0.2) is 0 Å². The molecule has 0 saturated carbocycles. The Morgan fingerprint density at radius 3 is 2.24 bits per heavy atom. The van der Waals surface area contributed by atoms with Gasteiger partial charge in [0.1, 0.15) is 0 Å². The minimum atomic E-state index is 0.393. The van der Waals surface area contributed by atoms with Crippen molar-refractivity contribution in [2.24, 2.45) is 0 Å². The molecule has 2 aromatic rings. The number of hydrogen-bond donors (Lipinski definition) is 0. The highest BCUT2D eigenvalue weighted by Crippen LogP contribution is 2.28. The molecule has 0 nitrogen and oxygen atoms in total. The second-order valence-electron chi connectivity index (χ2n) is 4.51. The van der Waals surface area contributed by atoms with Crippen molar-refractivity contribution in [1.29, 1.82) is 0 Å². The SMILES string of the molecule is Cc1ccc(C(Br)Cc2ccccc2C)cc1. The van der Waals surface area contributed by atoms with Gasteiger partial charge in [-0.1, -0.05) is 70.0 Å². The van der Waals surface area contributed by atoms with Crippen LogP contribution in [0.25, 0.3) is 0 Å². The Balaban J connectivity index is 2.14. The van der Waals surface area contributed by atoms with Crippen molar-refractivity contribution < 1.29 is 0 Å². The van der Waals surface area contributed by atoms with E-state index in [-0.39, 0.29) is 0 Å². The highest BCUT2D eigenvalue weighted by atomic mass is 79.9. The lowest BCUT2D eigenvalue weighted by Gasteiger charge is -2.12. The van der Waals surface area contributed by atoms with E-state index < -0.39 is 0 Å². The van der Waals surface area contributed by atoms with E-state index in [9.17, 15) is 0 Å². The number of hydrogen-bond acceptors (Lipinski definition) is 0. The molecule has 0 heterocycles. The summed E-state index contributed by atoms with van der Waals surface area (Å²) in [5, 5.41) is 0. The lowest BCUT2D eigenvalue weighted by atomic mass is 10.00. The van der Waals surface area contributed by atoms with Crippen molar-refractivity contribution in [3.8, 4) is 0 Å². The third-order valence-electron chi connectivity index (χ3n) is 3.10. The Morgan fingerprint density at radius 1 is 0.941 bits per heavy atom. The zero-order valence-electron chi connectivity index (χ0n) is 10.3. The van der Waals surface area contributed by atoms with Crippen molar-refractivity contribution in [3.05, 3.63) is 70.8 Å². The first-order valence-electron chi connectivity index (χ1n) is 5.92. The van der Waals surface area contributed by atoms with Gasteiger partial charge in [-0.3, -0.25) is 0 Å². The first kappa shape index (κ1) is 12.4. The Labute approximate surface area is 112 Å². The van der Waals surface area contributed by atoms with Crippen LogP contribution in [-0.2, 0) is 6.42 Å². The maximum Gasteiger partial charge on any atom is 0.0435 e. The third kappa shape index (κ3) is 3.19. The van der Waals surface area contributed by atoms with Crippen LogP contribution in [0, 0.1) is 13.8 Å². The number of rotatable bonds is 3. The van der Waals surface area contributed by atoms with Crippen LogP contribution in [0.15, 0.2) is 48.5 Å². The van der Waals surface area contributed by atoms with Crippen LogP contribution in [0.1, 0.15) is 27.1 Å². The quantitative estimate of drug-likeness (QED) is 0.699. The molecule has 2 aromatic carbocycles. The summed E-state index contributed by atoms with van der Waals surface area (Å²) in [6, 6.07) is 17.3. The van der Waals surface area contributed by atoms with Gasteiger partial charge in [0, 0.05) is 4.83 Å². The fourth-order valence-corrected chi connectivity index (χ4v) is 2.58. The normalized spacial score (nSPS) is 12.4. The summed E-state index contributed by atoms with van der Waals surface area (Å²) in [5.74, 6) is 0. The van der Waals surface area contributed by atoms with Gasteiger partial charge in [0.25, 0.3) is 0 Å². The molecule has 0 bridgehead atoms. The summed E-state index contributed by atoms with van der Waals surface area (Å²) in [4.78, 5) is 0.393. The van der Waals surface area contributed by atoms with E-state index in [0.29, 0.717) is 4.83 Å². The summed E-state index contributed by atoms with van der Waals surface area (Å²) in [5.41, 5.74) is 5.43. The van der Waals surface area contributed by atoms with E-state index in [1.807, 2.05) is 0 Å². The smallest absolute Gasteiger partial charge is 0.0435 e. The highest BCUT2D eigenvalue weighted by molar-refractivity contribution is 9.09. The summed E-state index contributed by atoms with van der Waals surface area (Å²) < 4.78 is 0. The monoisotopic (exact) mass is 288 g/mol. The zero-order valence-corrected chi connectivity index (χ0v) is 11.9. The van der Waals surface area contributed by atoms with Gasteiger partial charge in [0.2, 0.25) is 0 Å². The first-order chi connectivity index (χ1) is 8.16. The minimum absolute atomic E-state index is 0.393. The second-order valence-corrected chi connectivity index (χ2v) is 5.61. The molecule has 0 fully saturated rings. The molecule has 0 aliphatic carbocycles. The van der Waals surface area contributed by atoms with Crippen LogP contribution >= 0.6 is 15.9 Å². The van der Waals surface area contributed by atoms with E-state index in [0.717, 1.165) is 6.42 Å². The topological polar surface area (TPSA) is 0 Å². The van der Waals surface area contributed by atoms with E-state index >= 15 is 0 Å². The van der Waals surface area contributed by atoms with Gasteiger partial charge in [-0.25, -0.2) is 0 Å². The molecule has 0 spiro atoms. The molecule has 0 saturated heterocycles. The van der Waals surface area contributed by atoms with Gasteiger partial charge >= 0.3 is 0 Å². The number of aryl methyl sites for hydroxylation is 2. The average Bonchev–Trinajstić information content (AvgIpc) is 2.33. The van der Waals surface area contributed by atoms with Gasteiger partial charge in [0.05, 0.1) is 0 Å². The Hall–Kier alpha value is -1.08. The second kappa shape index (κ2) is 5.50. The highest BCUT2D eigenvalue weighted by Gasteiger charge is 2.09. The van der Waals surface area contributed by atoms with Gasteiger partial charge in [-0.2, -0.15) is 0 Å². The van der Waals surface area contributed by atoms with E-state index in [4.69, 9.17) is 0 Å². The zero-order chi connectivity index (χ0) is 12.3. The summed E-state index contributed by atoms with van der Waals surface area (Å²) >= 11 is 3.78. The van der Waals surface area contributed by atoms with Gasteiger partial charge < -0.3 is 0 Å². The van der Waals surface area contributed by atoms with Crippen LogP contribution in [0.3, 0.4) is 0 Å². The molecule has 1 atom stereocenters. The molecule has 17 heavy (non-hydrogen) atoms. The van der Waals surface area contributed by atoms with Crippen LogP contribution < -0.4 is 0 Å². The third-order valence-corrected chi connectivity index (χ3v) is 3.95. The lowest BCUT2D eigenvalue weighted by molar-refractivity contribution is 0.938. The summed E-state index contributed by atoms with van der Waals surface area (Å²) in [6.07, 6.45) is 1.04. The molecule has 2 rings (SSSR count). The molecular formula is C16H17Br. The van der Waals surface area contributed by atoms with Crippen LogP contribution in [0.5, 0.6) is 0 Å². The molecule has 1 heteroatoms. The largest absolute Gasteiger partial charge is 0.0835 e. The van der Waals surface area contributed by atoms with Crippen LogP contribution in [0.4, 0.5) is 0 Å². The maximum atomic E-state index is 3.78. The molecule has 0 amide bonds.